The van der Waals surface area contributed by atoms with Crippen LogP contribution in [0.25, 0.3) is 11.2 Å². The van der Waals surface area contributed by atoms with Crippen LogP contribution in [0.15, 0.2) is 42.6 Å². The number of primary amides is 2. The zero-order chi connectivity index (χ0) is 40.7. The quantitative estimate of drug-likeness (QED) is 0.0770. The summed E-state index contributed by atoms with van der Waals surface area (Å²) in [5.74, 6) is -1.78. The minimum absolute atomic E-state index is 0.0453. The molecule has 0 unspecified atom stereocenters. The van der Waals surface area contributed by atoms with E-state index < -0.39 is 33.9 Å². The predicted octanol–water partition coefficient (Wildman–Crippen LogP) is 2.91. The maximum Gasteiger partial charge on any atom is 0.410 e. The molecule has 1 aliphatic heterocycles. The number of piperazine rings is 1. The van der Waals surface area contributed by atoms with E-state index in [4.69, 9.17) is 20.9 Å². The number of hydrogen-bond acceptors (Lipinski definition) is 13. The fraction of sp³-hybridized carbons (Fsp3) is 0.417. The van der Waals surface area contributed by atoms with E-state index >= 15 is 0 Å². The van der Waals surface area contributed by atoms with Crippen molar-refractivity contribution in [2.45, 2.75) is 53.3 Å². The van der Waals surface area contributed by atoms with Crippen LogP contribution < -0.4 is 26.8 Å². The molecular weight excluding hydrogens is 728 g/mol. The first-order chi connectivity index (χ1) is 26.5. The Labute approximate surface area is 321 Å². The number of nitro groups is 1. The van der Waals surface area contributed by atoms with Gasteiger partial charge in [0.25, 0.3) is 11.6 Å². The first kappa shape index (κ1) is 40.6. The number of ether oxygens (including phenoxy) is 2. The minimum atomic E-state index is -0.857. The third-order valence-corrected chi connectivity index (χ3v) is 8.63. The van der Waals surface area contributed by atoms with Crippen molar-refractivity contribution in [1.29, 1.82) is 0 Å². The highest BCUT2D eigenvalue weighted by molar-refractivity contribution is 6.03. The molecule has 298 valence electrons. The molecule has 1 aliphatic rings. The largest absolute Gasteiger partial charge is 0.490 e. The van der Waals surface area contributed by atoms with Crippen molar-refractivity contribution in [1.82, 2.24) is 34.1 Å². The Kier molecular flexibility index (Phi) is 12.5. The number of nitro benzene ring substituents is 1. The van der Waals surface area contributed by atoms with Gasteiger partial charge in [-0.2, -0.15) is 5.10 Å². The summed E-state index contributed by atoms with van der Waals surface area (Å²) < 4.78 is 14.7. The van der Waals surface area contributed by atoms with Crippen LogP contribution in [0.4, 0.5) is 22.1 Å². The number of aromatic nitrogens is 5. The Morgan fingerprint density at radius 3 is 2.38 bits per heavy atom. The molecule has 4 amide bonds. The van der Waals surface area contributed by atoms with Gasteiger partial charge in [-0.25, -0.2) is 14.8 Å². The standard InChI is InChI=1S/C36H46N12O8/c1-6-47-27(17-22(2)43-47)33(51)42-34-41-25-18-24(31(38)50)21-40-32(25)46(34)10-8-7-9-39-29-26(48(53)54)19-23(30(37)49)20-28(29)55-16-15-44-11-13-45(14-12-44)35(52)56-36(3,4)5/h7-8,17-21,39H,6,9-16H2,1-5H3,(H2,37,49)(H2,38,50)(H,41,42,51)/b8-7+. The van der Waals surface area contributed by atoms with Crippen LogP contribution in [0.5, 0.6) is 5.75 Å². The molecule has 0 atom stereocenters. The number of rotatable bonds is 15. The molecular formula is C36H46N12O8. The number of carbonyl (C=O) groups excluding carboxylic acids is 4. The Morgan fingerprint density at radius 2 is 1.73 bits per heavy atom. The van der Waals surface area contributed by atoms with Crippen molar-refractivity contribution in [3.8, 4) is 5.75 Å². The van der Waals surface area contributed by atoms with Gasteiger partial charge in [0.05, 0.1) is 16.2 Å². The third-order valence-electron chi connectivity index (χ3n) is 8.63. The average Bonchev–Trinajstić information content (AvgIpc) is 3.69. The maximum absolute atomic E-state index is 13.3. The molecule has 1 fully saturated rings. The average molecular weight is 775 g/mol. The zero-order valence-electron chi connectivity index (χ0n) is 31.9. The molecule has 6 N–H and O–H groups in total. The van der Waals surface area contributed by atoms with E-state index in [0.29, 0.717) is 61.8 Å². The van der Waals surface area contributed by atoms with Crippen molar-refractivity contribution >= 4 is 52.3 Å². The summed E-state index contributed by atoms with van der Waals surface area (Å²) in [7, 11) is 0. The second kappa shape index (κ2) is 17.3. The number of fused-ring (bicyclic) bond motifs is 1. The van der Waals surface area contributed by atoms with Crippen molar-refractivity contribution in [2.24, 2.45) is 11.5 Å². The molecule has 0 spiro atoms. The van der Waals surface area contributed by atoms with Gasteiger partial charge in [-0.15, -0.1) is 0 Å². The summed E-state index contributed by atoms with van der Waals surface area (Å²) in [5.41, 5.74) is 11.7. The molecule has 0 bridgehead atoms. The summed E-state index contributed by atoms with van der Waals surface area (Å²) >= 11 is 0. The number of benzene rings is 1. The van der Waals surface area contributed by atoms with E-state index in [1.54, 1.807) is 39.3 Å². The van der Waals surface area contributed by atoms with Crippen LogP contribution in [-0.4, -0.2) is 114 Å². The van der Waals surface area contributed by atoms with E-state index in [1.807, 2.05) is 27.7 Å². The lowest BCUT2D eigenvalue weighted by molar-refractivity contribution is -0.384. The number of nitrogens with two attached hydrogens (primary N) is 2. The van der Waals surface area contributed by atoms with Crippen molar-refractivity contribution < 1.29 is 33.6 Å². The van der Waals surface area contributed by atoms with E-state index in [2.05, 4.69) is 30.6 Å². The van der Waals surface area contributed by atoms with Gasteiger partial charge in [-0.1, -0.05) is 12.2 Å². The lowest BCUT2D eigenvalue weighted by atomic mass is 10.1. The molecule has 1 saturated heterocycles. The van der Waals surface area contributed by atoms with Gasteiger partial charge in [-0.05, 0) is 52.8 Å². The highest BCUT2D eigenvalue weighted by Gasteiger charge is 2.27. The summed E-state index contributed by atoms with van der Waals surface area (Å²) in [4.78, 5) is 73.8. The molecule has 1 aromatic carbocycles. The normalized spacial score (nSPS) is 13.6. The minimum Gasteiger partial charge on any atom is -0.490 e. The maximum atomic E-state index is 13.3. The number of carbonyl (C=O) groups is 4. The predicted molar refractivity (Wildman–Crippen MR) is 206 cm³/mol. The highest BCUT2D eigenvalue weighted by Crippen LogP contribution is 2.36. The molecule has 20 nitrogen and oxygen atoms in total. The van der Waals surface area contributed by atoms with Crippen molar-refractivity contribution in [3.05, 3.63) is 75.2 Å². The zero-order valence-corrected chi connectivity index (χ0v) is 31.9. The number of allylic oxidation sites excluding steroid dienone is 1. The summed E-state index contributed by atoms with van der Waals surface area (Å²) in [5, 5.41) is 22.3. The number of imidazole rings is 1. The van der Waals surface area contributed by atoms with Crippen LogP contribution >= 0.6 is 0 Å². The van der Waals surface area contributed by atoms with Crippen molar-refractivity contribution in [2.75, 3.05) is 56.5 Å². The molecule has 3 aromatic heterocycles. The number of pyridine rings is 1. The van der Waals surface area contributed by atoms with Gasteiger partial charge in [0.2, 0.25) is 17.8 Å². The Bertz CT molecular complexity index is 2160. The van der Waals surface area contributed by atoms with E-state index in [9.17, 15) is 29.3 Å². The number of nitrogens with zero attached hydrogens (tertiary/aromatic N) is 8. The molecule has 0 aliphatic carbocycles. The molecule has 0 saturated carbocycles. The number of amides is 4. The van der Waals surface area contributed by atoms with Crippen molar-refractivity contribution in [3.63, 3.8) is 0 Å². The Morgan fingerprint density at radius 1 is 1.02 bits per heavy atom. The summed E-state index contributed by atoms with van der Waals surface area (Å²) in [6.07, 6.45) is 4.37. The molecule has 4 heterocycles. The smallest absolute Gasteiger partial charge is 0.410 e. The fourth-order valence-corrected chi connectivity index (χ4v) is 5.92. The second-order valence-corrected chi connectivity index (χ2v) is 13.9. The van der Waals surface area contributed by atoms with Gasteiger partial charge in [0.1, 0.15) is 29.2 Å². The molecule has 56 heavy (non-hydrogen) atoms. The van der Waals surface area contributed by atoms with Gasteiger partial charge in [0, 0.05) is 70.2 Å². The Balaban J connectivity index is 1.29. The van der Waals surface area contributed by atoms with E-state index in [1.165, 1.54) is 18.3 Å². The first-order valence-electron chi connectivity index (χ1n) is 17.9. The third kappa shape index (κ3) is 9.94. The lowest BCUT2D eigenvalue weighted by Gasteiger charge is -2.35. The topological polar surface area (TPSA) is 261 Å². The van der Waals surface area contributed by atoms with Crippen LogP contribution in [0.1, 0.15) is 64.6 Å². The Hall–Kier alpha value is -6.57. The van der Waals surface area contributed by atoms with Crippen LogP contribution in [-0.2, 0) is 17.8 Å². The van der Waals surface area contributed by atoms with Crippen LogP contribution in [0, 0.1) is 17.0 Å². The monoisotopic (exact) mass is 774 g/mol. The molecule has 20 heteroatoms. The van der Waals surface area contributed by atoms with E-state index in [-0.39, 0.29) is 54.3 Å². The first-order valence-corrected chi connectivity index (χ1v) is 17.9. The van der Waals surface area contributed by atoms with Gasteiger partial charge in [-0.3, -0.25) is 44.0 Å². The molecule has 0 radical (unpaired) electrons. The number of hydrogen-bond donors (Lipinski definition) is 4. The summed E-state index contributed by atoms with van der Waals surface area (Å²) in [6.45, 7) is 12.4. The summed E-state index contributed by atoms with van der Waals surface area (Å²) in [6, 6.07) is 5.57. The van der Waals surface area contributed by atoms with Crippen LogP contribution in [0.2, 0.25) is 0 Å². The number of anilines is 2. The van der Waals surface area contributed by atoms with Crippen LogP contribution in [0.3, 0.4) is 0 Å². The SMILES string of the molecule is CCn1nc(C)cc1C(=O)Nc1nc2cc(C(N)=O)cnc2n1C/C=C/CNc1c(OCCN2CCN(C(=O)OC(C)(C)C)CC2)cc(C(N)=O)cc1[N+](=O)[O-]. The van der Waals surface area contributed by atoms with Gasteiger partial charge < -0.3 is 31.2 Å². The van der Waals surface area contributed by atoms with E-state index in [0.717, 1.165) is 6.07 Å². The molecule has 5 rings (SSSR count). The lowest BCUT2D eigenvalue weighted by Crippen LogP contribution is -2.50. The number of nitrogens with one attached hydrogen (secondary N) is 2. The molecule has 4 aromatic rings. The van der Waals surface area contributed by atoms with Gasteiger partial charge in [0.15, 0.2) is 11.3 Å². The van der Waals surface area contributed by atoms with Gasteiger partial charge >= 0.3 is 6.09 Å². The number of aryl methyl sites for hydroxylation is 2. The highest BCUT2D eigenvalue weighted by atomic mass is 16.6. The second-order valence-electron chi connectivity index (χ2n) is 13.9. The fourth-order valence-electron chi connectivity index (χ4n) is 5.92.